The maximum absolute atomic E-state index is 9.02. The van der Waals surface area contributed by atoms with Crippen molar-refractivity contribution in [3.8, 4) is 6.07 Å². The number of nitrogens with one attached hydrogen (secondary N) is 1. The molecule has 1 aliphatic carbocycles. The maximum Gasteiger partial charge on any atom is 0.0697 e. The van der Waals surface area contributed by atoms with Gasteiger partial charge in [-0.05, 0) is 58.1 Å². The molecule has 1 atom stereocenters. The number of thiophene rings is 1. The summed E-state index contributed by atoms with van der Waals surface area (Å²) < 4.78 is 0. The zero-order valence-electron chi connectivity index (χ0n) is 11.5. The highest BCUT2D eigenvalue weighted by molar-refractivity contribution is 7.12. The van der Waals surface area contributed by atoms with Crippen LogP contribution in [-0.4, -0.2) is 6.54 Å². The Kier molecular flexibility index (Phi) is 4.09. The second kappa shape index (κ2) is 5.42. The van der Waals surface area contributed by atoms with Crippen molar-refractivity contribution in [1.29, 1.82) is 5.26 Å². The molecular weight excluding hydrogens is 240 g/mol. The zero-order valence-corrected chi connectivity index (χ0v) is 12.4. The minimum atomic E-state index is -0.287. The Morgan fingerprint density at radius 3 is 2.83 bits per heavy atom. The lowest BCUT2D eigenvalue weighted by Gasteiger charge is -2.19. The Morgan fingerprint density at radius 2 is 2.17 bits per heavy atom. The van der Waals surface area contributed by atoms with Crippen molar-refractivity contribution in [1.82, 2.24) is 5.32 Å². The van der Waals surface area contributed by atoms with Crippen molar-refractivity contribution in [2.24, 2.45) is 5.41 Å². The zero-order chi connectivity index (χ0) is 13.2. The van der Waals surface area contributed by atoms with Gasteiger partial charge >= 0.3 is 0 Å². The fourth-order valence-corrected chi connectivity index (χ4v) is 3.56. The summed E-state index contributed by atoms with van der Waals surface area (Å²) in [4.78, 5) is 3.01. The highest BCUT2D eigenvalue weighted by Gasteiger charge is 2.20. The predicted octanol–water partition coefficient (Wildman–Crippen LogP) is 3.83. The molecule has 0 fully saturated rings. The fourth-order valence-electron chi connectivity index (χ4n) is 2.28. The van der Waals surface area contributed by atoms with E-state index < -0.39 is 0 Å². The minimum absolute atomic E-state index is 0.287. The maximum atomic E-state index is 9.02. The van der Waals surface area contributed by atoms with Crippen LogP contribution in [0.4, 0.5) is 0 Å². The van der Waals surface area contributed by atoms with Crippen LogP contribution in [-0.2, 0) is 12.8 Å². The molecule has 3 heteroatoms. The lowest BCUT2D eigenvalue weighted by molar-refractivity contribution is 0.417. The van der Waals surface area contributed by atoms with Crippen LogP contribution >= 0.6 is 11.3 Å². The van der Waals surface area contributed by atoms with Gasteiger partial charge in [0.1, 0.15) is 0 Å². The number of aryl methyl sites for hydroxylation is 2. The van der Waals surface area contributed by atoms with Crippen LogP contribution in [0, 0.1) is 16.7 Å². The summed E-state index contributed by atoms with van der Waals surface area (Å²) in [6.07, 6.45) is 5.20. The van der Waals surface area contributed by atoms with Gasteiger partial charge in [0.25, 0.3) is 0 Å². The van der Waals surface area contributed by atoms with Crippen molar-refractivity contribution in [2.45, 2.75) is 52.5 Å². The van der Waals surface area contributed by atoms with Gasteiger partial charge in [-0.15, -0.1) is 11.3 Å². The summed E-state index contributed by atoms with van der Waals surface area (Å²) in [6.45, 7) is 6.90. The van der Waals surface area contributed by atoms with Gasteiger partial charge in [-0.25, -0.2) is 0 Å². The standard InChI is InChI=1S/C15H22N2S/c1-11(17-10-15(2,3)9-16)14-8-12-6-4-5-7-13(12)18-14/h8,11,17H,4-7,10H2,1-3H3. The number of fused-ring (bicyclic) bond motifs is 1. The summed E-state index contributed by atoms with van der Waals surface area (Å²) in [5, 5.41) is 12.5. The molecule has 2 rings (SSSR count). The molecule has 1 N–H and O–H groups in total. The molecule has 1 unspecified atom stereocenters. The van der Waals surface area contributed by atoms with E-state index in [0.717, 1.165) is 6.54 Å². The summed E-state index contributed by atoms with van der Waals surface area (Å²) in [7, 11) is 0. The fraction of sp³-hybridized carbons (Fsp3) is 0.667. The van der Waals surface area contributed by atoms with Crippen LogP contribution in [0.1, 0.15) is 55.0 Å². The van der Waals surface area contributed by atoms with Crippen molar-refractivity contribution in [3.63, 3.8) is 0 Å². The monoisotopic (exact) mass is 262 g/mol. The molecule has 0 aliphatic heterocycles. The summed E-state index contributed by atoms with van der Waals surface area (Å²) in [6, 6.07) is 5.06. The molecule has 0 saturated carbocycles. The predicted molar refractivity (Wildman–Crippen MR) is 76.8 cm³/mol. The van der Waals surface area contributed by atoms with Crippen LogP contribution in [0.15, 0.2) is 6.07 Å². The van der Waals surface area contributed by atoms with Crippen molar-refractivity contribution >= 4 is 11.3 Å². The number of rotatable bonds is 4. The van der Waals surface area contributed by atoms with Gasteiger partial charge in [-0.2, -0.15) is 5.26 Å². The number of nitriles is 1. The number of hydrogen-bond donors (Lipinski definition) is 1. The third kappa shape index (κ3) is 3.13. The van der Waals surface area contributed by atoms with Gasteiger partial charge in [0.2, 0.25) is 0 Å². The topological polar surface area (TPSA) is 35.8 Å². The van der Waals surface area contributed by atoms with Gasteiger partial charge in [-0.1, -0.05) is 0 Å². The molecule has 0 radical (unpaired) electrons. The smallest absolute Gasteiger partial charge is 0.0697 e. The number of nitrogens with zero attached hydrogens (tertiary/aromatic N) is 1. The molecule has 0 bridgehead atoms. The minimum Gasteiger partial charge on any atom is -0.308 e. The van der Waals surface area contributed by atoms with E-state index in [1.54, 1.807) is 10.4 Å². The Morgan fingerprint density at radius 1 is 1.44 bits per heavy atom. The first-order valence-electron chi connectivity index (χ1n) is 6.78. The molecule has 98 valence electrons. The molecule has 2 nitrogen and oxygen atoms in total. The van der Waals surface area contributed by atoms with Crippen LogP contribution in [0.5, 0.6) is 0 Å². The summed E-state index contributed by atoms with van der Waals surface area (Å²) in [5.41, 5.74) is 1.28. The quantitative estimate of drug-likeness (QED) is 0.895. The molecular formula is C15H22N2S. The van der Waals surface area contributed by atoms with E-state index in [2.05, 4.69) is 24.4 Å². The lowest BCUT2D eigenvalue weighted by atomic mass is 9.95. The van der Waals surface area contributed by atoms with Gasteiger partial charge in [-0.3, -0.25) is 0 Å². The first-order chi connectivity index (χ1) is 8.52. The number of hydrogen-bond acceptors (Lipinski definition) is 3. The molecule has 0 amide bonds. The van der Waals surface area contributed by atoms with E-state index in [1.807, 2.05) is 25.2 Å². The Hall–Kier alpha value is -0.850. The van der Waals surface area contributed by atoms with Gasteiger partial charge in [0.15, 0.2) is 0 Å². The highest BCUT2D eigenvalue weighted by Crippen LogP contribution is 2.33. The van der Waals surface area contributed by atoms with E-state index in [0.29, 0.717) is 6.04 Å². The van der Waals surface area contributed by atoms with Gasteiger partial charge in [0, 0.05) is 22.3 Å². The van der Waals surface area contributed by atoms with E-state index >= 15 is 0 Å². The molecule has 1 aromatic rings. The van der Waals surface area contributed by atoms with Gasteiger partial charge < -0.3 is 5.32 Å². The second-order valence-electron chi connectivity index (χ2n) is 5.90. The average Bonchev–Trinajstić information content (AvgIpc) is 2.80. The van der Waals surface area contributed by atoms with E-state index in [4.69, 9.17) is 5.26 Å². The summed E-state index contributed by atoms with van der Waals surface area (Å²) >= 11 is 1.96. The van der Waals surface area contributed by atoms with Crippen LogP contribution < -0.4 is 5.32 Å². The molecule has 1 heterocycles. The third-order valence-corrected chi connectivity index (χ3v) is 5.02. The molecule has 0 aromatic carbocycles. The van der Waals surface area contributed by atoms with E-state index in [-0.39, 0.29) is 5.41 Å². The molecule has 1 aromatic heterocycles. The summed E-state index contributed by atoms with van der Waals surface area (Å²) in [5.74, 6) is 0. The van der Waals surface area contributed by atoms with Crippen LogP contribution in [0.2, 0.25) is 0 Å². The molecule has 1 aliphatic rings. The second-order valence-corrected chi connectivity index (χ2v) is 7.07. The first-order valence-corrected chi connectivity index (χ1v) is 7.59. The lowest BCUT2D eigenvalue weighted by Crippen LogP contribution is -2.29. The Balaban J connectivity index is 1.99. The van der Waals surface area contributed by atoms with Crippen LogP contribution in [0.3, 0.4) is 0 Å². The Bertz CT molecular complexity index is 430. The largest absolute Gasteiger partial charge is 0.308 e. The van der Waals surface area contributed by atoms with E-state index in [9.17, 15) is 0 Å². The molecule has 0 saturated heterocycles. The highest BCUT2D eigenvalue weighted by atomic mass is 32.1. The first kappa shape index (κ1) is 13.6. The van der Waals surface area contributed by atoms with Crippen molar-refractivity contribution in [3.05, 3.63) is 21.4 Å². The Labute approximate surface area is 114 Å². The SMILES string of the molecule is CC(NCC(C)(C)C#N)c1cc2c(s1)CCCC2. The average molecular weight is 262 g/mol. The van der Waals surface area contributed by atoms with Crippen molar-refractivity contribution < 1.29 is 0 Å². The van der Waals surface area contributed by atoms with Gasteiger partial charge in [0.05, 0.1) is 11.5 Å². The normalized spacial score (nSPS) is 17.0. The molecule has 0 spiro atoms. The van der Waals surface area contributed by atoms with Crippen molar-refractivity contribution in [2.75, 3.05) is 6.54 Å². The molecule has 18 heavy (non-hydrogen) atoms. The van der Waals surface area contributed by atoms with E-state index in [1.165, 1.54) is 30.6 Å². The third-order valence-electron chi connectivity index (χ3n) is 3.60. The van der Waals surface area contributed by atoms with Crippen LogP contribution in [0.25, 0.3) is 0 Å².